The van der Waals surface area contributed by atoms with E-state index in [0.29, 0.717) is 6.54 Å². The lowest BCUT2D eigenvalue weighted by Gasteiger charge is -2.13. The number of methoxy groups -OCH3 is 1. The van der Waals surface area contributed by atoms with E-state index in [-0.39, 0.29) is 0 Å². The van der Waals surface area contributed by atoms with Crippen LogP contribution in [0.3, 0.4) is 0 Å². The van der Waals surface area contributed by atoms with Gasteiger partial charge in [0.15, 0.2) is 0 Å². The summed E-state index contributed by atoms with van der Waals surface area (Å²) in [6.45, 7) is 2.59. The zero-order chi connectivity index (χ0) is 14.4. The Hall–Kier alpha value is -1.65. The number of nitrogens with two attached hydrogens (primary N) is 1. The van der Waals surface area contributed by atoms with E-state index in [4.69, 9.17) is 15.2 Å². The van der Waals surface area contributed by atoms with Crippen LogP contribution in [0.2, 0.25) is 0 Å². The van der Waals surface area contributed by atoms with Gasteiger partial charge in [0.1, 0.15) is 17.2 Å². The summed E-state index contributed by atoms with van der Waals surface area (Å²) in [6.07, 6.45) is 0. The van der Waals surface area contributed by atoms with E-state index in [1.807, 2.05) is 36.4 Å². The molecular weight excluding hydrogens is 270 g/mol. The molecule has 0 fully saturated rings. The molecule has 2 aromatic carbocycles. The number of hydrogen-bond donors (Lipinski definition) is 1. The van der Waals surface area contributed by atoms with Crippen LogP contribution in [0.15, 0.2) is 47.4 Å². The van der Waals surface area contributed by atoms with Gasteiger partial charge in [0.2, 0.25) is 0 Å². The molecule has 0 amide bonds. The third kappa shape index (κ3) is 3.46. The van der Waals surface area contributed by atoms with E-state index in [1.54, 1.807) is 18.9 Å². The maximum Gasteiger partial charge on any atom is 0.133 e. The summed E-state index contributed by atoms with van der Waals surface area (Å²) in [5, 5.41) is 0. The molecule has 0 aromatic heterocycles. The third-order valence-corrected chi connectivity index (χ3v) is 3.86. The molecule has 106 valence electrons. The van der Waals surface area contributed by atoms with Crippen molar-refractivity contribution in [2.45, 2.75) is 18.4 Å². The van der Waals surface area contributed by atoms with Crippen molar-refractivity contribution in [1.29, 1.82) is 0 Å². The topological polar surface area (TPSA) is 44.5 Å². The predicted octanol–water partition coefficient (Wildman–Crippen LogP) is 4.06. The van der Waals surface area contributed by atoms with E-state index in [2.05, 4.69) is 13.0 Å². The lowest BCUT2D eigenvalue weighted by Crippen LogP contribution is -2.01. The summed E-state index contributed by atoms with van der Waals surface area (Å²) < 4.78 is 11.1. The second kappa shape index (κ2) is 7.22. The van der Waals surface area contributed by atoms with Crippen LogP contribution in [0.1, 0.15) is 12.5 Å². The molecular formula is C16H19NO2S. The van der Waals surface area contributed by atoms with Crippen LogP contribution in [0, 0.1) is 0 Å². The van der Waals surface area contributed by atoms with Crippen LogP contribution in [0.25, 0.3) is 0 Å². The van der Waals surface area contributed by atoms with Gasteiger partial charge in [-0.05, 0) is 42.2 Å². The fraction of sp³-hybridized carbons (Fsp3) is 0.250. The van der Waals surface area contributed by atoms with Gasteiger partial charge in [-0.2, -0.15) is 0 Å². The Bertz CT molecular complexity index is 555. The van der Waals surface area contributed by atoms with Crippen molar-refractivity contribution in [3.8, 4) is 17.2 Å². The van der Waals surface area contributed by atoms with Crippen molar-refractivity contribution < 1.29 is 9.47 Å². The van der Waals surface area contributed by atoms with Crippen LogP contribution >= 0.6 is 11.8 Å². The molecule has 0 aliphatic rings. The van der Waals surface area contributed by atoms with Crippen LogP contribution in [0.5, 0.6) is 17.2 Å². The second-order valence-corrected chi connectivity index (χ2v) is 5.45. The van der Waals surface area contributed by atoms with Gasteiger partial charge >= 0.3 is 0 Å². The first-order valence-electron chi connectivity index (χ1n) is 6.55. The molecule has 0 aliphatic heterocycles. The molecule has 0 aliphatic carbocycles. The molecule has 0 radical (unpaired) electrons. The SMILES string of the molecule is CCSc1cccc(Oc2ccc(OC)cc2)c1CN. The average Bonchev–Trinajstić information content (AvgIpc) is 2.49. The Kier molecular flexibility index (Phi) is 5.32. The molecule has 2 aromatic rings. The Morgan fingerprint density at radius 2 is 1.75 bits per heavy atom. The van der Waals surface area contributed by atoms with Crippen molar-refractivity contribution in [1.82, 2.24) is 0 Å². The van der Waals surface area contributed by atoms with Crippen LogP contribution in [-0.2, 0) is 6.54 Å². The van der Waals surface area contributed by atoms with Crippen molar-refractivity contribution in [3.05, 3.63) is 48.0 Å². The van der Waals surface area contributed by atoms with Gasteiger partial charge in [0.25, 0.3) is 0 Å². The second-order valence-electron chi connectivity index (χ2n) is 4.15. The highest BCUT2D eigenvalue weighted by molar-refractivity contribution is 7.99. The van der Waals surface area contributed by atoms with Gasteiger partial charge < -0.3 is 15.2 Å². The van der Waals surface area contributed by atoms with Crippen LogP contribution in [-0.4, -0.2) is 12.9 Å². The summed E-state index contributed by atoms with van der Waals surface area (Å²) in [5.41, 5.74) is 6.92. The molecule has 0 saturated carbocycles. The quantitative estimate of drug-likeness (QED) is 0.815. The zero-order valence-electron chi connectivity index (χ0n) is 11.8. The maximum absolute atomic E-state index is 5.94. The minimum absolute atomic E-state index is 0.467. The van der Waals surface area contributed by atoms with E-state index < -0.39 is 0 Å². The van der Waals surface area contributed by atoms with E-state index in [0.717, 1.165) is 28.6 Å². The number of ether oxygens (including phenoxy) is 2. The maximum atomic E-state index is 5.94. The Balaban J connectivity index is 2.25. The summed E-state index contributed by atoms with van der Waals surface area (Å²) in [7, 11) is 1.65. The minimum atomic E-state index is 0.467. The molecule has 20 heavy (non-hydrogen) atoms. The molecule has 0 bridgehead atoms. The Morgan fingerprint density at radius 3 is 2.35 bits per heavy atom. The summed E-state index contributed by atoms with van der Waals surface area (Å²) >= 11 is 1.78. The third-order valence-electron chi connectivity index (χ3n) is 2.88. The molecule has 0 unspecified atom stereocenters. The summed E-state index contributed by atoms with van der Waals surface area (Å²) in [6, 6.07) is 13.6. The van der Waals surface area contributed by atoms with Crippen molar-refractivity contribution in [2.24, 2.45) is 5.73 Å². The fourth-order valence-electron chi connectivity index (χ4n) is 1.90. The van der Waals surface area contributed by atoms with Crippen LogP contribution < -0.4 is 15.2 Å². The normalized spacial score (nSPS) is 10.3. The highest BCUT2D eigenvalue weighted by Crippen LogP contribution is 2.33. The highest BCUT2D eigenvalue weighted by atomic mass is 32.2. The molecule has 0 heterocycles. The monoisotopic (exact) mass is 289 g/mol. The molecule has 4 heteroatoms. The smallest absolute Gasteiger partial charge is 0.133 e. The van der Waals surface area contributed by atoms with Crippen molar-refractivity contribution >= 4 is 11.8 Å². The first-order chi connectivity index (χ1) is 9.78. The first-order valence-corrected chi connectivity index (χ1v) is 7.53. The van der Waals surface area contributed by atoms with Gasteiger partial charge in [-0.3, -0.25) is 0 Å². The molecule has 2 N–H and O–H groups in total. The van der Waals surface area contributed by atoms with Crippen molar-refractivity contribution in [2.75, 3.05) is 12.9 Å². The van der Waals surface area contributed by atoms with Gasteiger partial charge in [0, 0.05) is 17.0 Å². The number of rotatable bonds is 6. The predicted molar refractivity (Wildman–Crippen MR) is 83.8 cm³/mol. The van der Waals surface area contributed by atoms with Crippen LogP contribution in [0.4, 0.5) is 0 Å². The summed E-state index contributed by atoms with van der Waals surface area (Å²) in [5.74, 6) is 3.42. The Labute approximate surface area is 124 Å². The fourth-order valence-corrected chi connectivity index (χ4v) is 2.75. The van der Waals surface area contributed by atoms with Gasteiger partial charge in [-0.15, -0.1) is 11.8 Å². The molecule has 0 spiro atoms. The van der Waals surface area contributed by atoms with E-state index >= 15 is 0 Å². The number of thioether (sulfide) groups is 1. The lowest BCUT2D eigenvalue weighted by molar-refractivity contribution is 0.412. The molecule has 0 atom stereocenters. The molecule has 3 nitrogen and oxygen atoms in total. The van der Waals surface area contributed by atoms with Gasteiger partial charge in [0.05, 0.1) is 7.11 Å². The van der Waals surface area contributed by atoms with Crippen molar-refractivity contribution in [3.63, 3.8) is 0 Å². The van der Waals surface area contributed by atoms with Gasteiger partial charge in [-0.25, -0.2) is 0 Å². The van der Waals surface area contributed by atoms with Gasteiger partial charge in [-0.1, -0.05) is 13.0 Å². The Morgan fingerprint density at radius 1 is 1.05 bits per heavy atom. The number of hydrogen-bond acceptors (Lipinski definition) is 4. The first kappa shape index (κ1) is 14.8. The molecule has 0 saturated heterocycles. The standard InChI is InChI=1S/C16H19NO2S/c1-3-20-16-6-4-5-15(14(16)11-17)19-13-9-7-12(18-2)8-10-13/h4-10H,3,11,17H2,1-2H3. The largest absolute Gasteiger partial charge is 0.497 e. The highest BCUT2D eigenvalue weighted by Gasteiger charge is 2.09. The van der Waals surface area contributed by atoms with E-state index in [1.165, 1.54) is 4.90 Å². The lowest BCUT2D eigenvalue weighted by atomic mass is 10.2. The molecule has 2 rings (SSSR count). The summed E-state index contributed by atoms with van der Waals surface area (Å²) in [4.78, 5) is 1.18. The average molecular weight is 289 g/mol. The van der Waals surface area contributed by atoms with E-state index in [9.17, 15) is 0 Å². The zero-order valence-corrected chi connectivity index (χ0v) is 12.6. The number of benzene rings is 2. The minimum Gasteiger partial charge on any atom is -0.497 e.